The molecule has 4 nitrogen and oxygen atoms in total. The van der Waals surface area contributed by atoms with E-state index in [0.717, 1.165) is 38.1 Å². The third-order valence-electron chi connectivity index (χ3n) is 4.83. The molecule has 1 aliphatic rings. The molecule has 1 amide bonds. The Balaban J connectivity index is 1.40. The van der Waals surface area contributed by atoms with Gasteiger partial charge in [0.05, 0.1) is 6.61 Å². The zero-order valence-electron chi connectivity index (χ0n) is 15.4. The van der Waals surface area contributed by atoms with Crippen LogP contribution >= 0.6 is 0 Å². The molecule has 1 heterocycles. The number of piperidine rings is 1. The Labute approximate surface area is 155 Å². The van der Waals surface area contributed by atoms with Gasteiger partial charge in [-0.2, -0.15) is 0 Å². The van der Waals surface area contributed by atoms with Gasteiger partial charge in [-0.05, 0) is 61.9 Å². The van der Waals surface area contributed by atoms with Gasteiger partial charge in [0.25, 0.3) is 5.91 Å². The van der Waals surface area contributed by atoms with Crippen LogP contribution in [0.5, 0.6) is 11.5 Å². The minimum atomic E-state index is 0.0667. The maximum atomic E-state index is 12.4. The summed E-state index contributed by atoms with van der Waals surface area (Å²) >= 11 is 0. The van der Waals surface area contributed by atoms with E-state index in [9.17, 15) is 4.79 Å². The summed E-state index contributed by atoms with van der Waals surface area (Å²) in [5.74, 6) is 2.23. The van der Waals surface area contributed by atoms with Crippen LogP contribution in [-0.2, 0) is 11.2 Å². The van der Waals surface area contributed by atoms with Gasteiger partial charge in [0.15, 0.2) is 6.61 Å². The number of hydrogen-bond donors (Lipinski definition) is 0. The molecule has 3 rings (SSSR count). The van der Waals surface area contributed by atoms with Crippen molar-refractivity contribution in [3.8, 4) is 11.5 Å². The van der Waals surface area contributed by atoms with E-state index in [1.807, 2.05) is 36.1 Å². The molecule has 0 saturated carbocycles. The molecule has 2 aromatic rings. The summed E-state index contributed by atoms with van der Waals surface area (Å²) in [5, 5.41) is 0. The lowest BCUT2D eigenvalue weighted by Gasteiger charge is -2.32. The Morgan fingerprint density at radius 2 is 1.58 bits per heavy atom. The molecule has 0 aromatic heterocycles. The Bertz CT molecular complexity index is 676. The van der Waals surface area contributed by atoms with Crippen molar-refractivity contribution in [3.05, 3.63) is 60.2 Å². The van der Waals surface area contributed by atoms with Crippen LogP contribution in [0, 0.1) is 5.92 Å². The monoisotopic (exact) mass is 353 g/mol. The van der Waals surface area contributed by atoms with E-state index in [1.165, 1.54) is 5.56 Å². The smallest absolute Gasteiger partial charge is 0.260 e. The predicted molar refractivity (Wildman–Crippen MR) is 103 cm³/mol. The third kappa shape index (κ3) is 5.25. The highest BCUT2D eigenvalue weighted by Gasteiger charge is 2.23. The lowest BCUT2D eigenvalue weighted by molar-refractivity contribution is -0.134. The summed E-state index contributed by atoms with van der Waals surface area (Å²) in [6, 6.07) is 18.0. The minimum Gasteiger partial charge on any atom is -0.494 e. The number of hydrogen-bond acceptors (Lipinski definition) is 3. The van der Waals surface area contributed by atoms with Gasteiger partial charge in [0, 0.05) is 13.1 Å². The fourth-order valence-electron chi connectivity index (χ4n) is 3.37. The summed E-state index contributed by atoms with van der Waals surface area (Å²) < 4.78 is 11.0. The van der Waals surface area contributed by atoms with Crippen molar-refractivity contribution < 1.29 is 14.3 Å². The fraction of sp³-hybridized carbons (Fsp3) is 0.409. The maximum Gasteiger partial charge on any atom is 0.260 e. The molecule has 2 aromatic carbocycles. The molecule has 0 atom stereocenters. The van der Waals surface area contributed by atoms with Crippen molar-refractivity contribution in [1.82, 2.24) is 4.90 Å². The van der Waals surface area contributed by atoms with Crippen molar-refractivity contribution in [1.29, 1.82) is 0 Å². The quantitative estimate of drug-likeness (QED) is 0.757. The van der Waals surface area contributed by atoms with Crippen LogP contribution in [0.15, 0.2) is 54.6 Å². The Morgan fingerprint density at radius 3 is 2.19 bits per heavy atom. The molecule has 0 aliphatic carbocycles. The van der Waals surface area contributed by atoms with E-state index in [0.29, 0.717) is 18.3 Å². The lowest BCUT2D eigenvalue weighted by atomic mass is 9.90. The van der Waals surface area contributed by atoms with E-state index < -0.39 is 0 Å². The van der Waals surface area contributed by atoms with Gasteiger partial charge in [-0.3, -0.25) is 4.79 Å². The second-order valence-electron chi connectivity index (χ2n) is 6.71. The van der Waals surface area contributed by atoms with Crippen LogP contribution in [0.3, 0.4) is 0 Å². The molecule has 0 spiro atoms. The van der Waals surface area contributed by atoms with Crippen molar-refractivity contribution >= 4 is 5.91 Å². The van der Waals surface area contributed by atoms with E-state index in [-0.39, 0.29) is 12.5 Å². The van der Waals surface area contributed by atoms with Gasteiger partial charge in [0.1, 0.15) is 11.5 Å². The standard InChI is InChI=1S/C22H27NO3/c1-2-25-20-8-10-21(11-9-20)26-17-22(24)23-14-12-19(13-15-23)16-18-6-4-3-5-7-18/h3-11,19H,2,12-17H2,1H3. The first-order chi connectivity index (χ1) is 12.7. The van der Waals surface area contributed by atoms with Crippen molar-refractivity contribution in [2.24, 2.45) is 5.92 Å². The van der Waals surface area contributed by atoms with Crippen LogP contribution in [0.4, 0.5) is 0 Å². The van der Waals surface area contributed by atoms with Crippen LogP contribution < -0.4 is 9.47 Å². The number of nitrogens with zero attached hydrogens (tertiary/aromatic N) is 1. The van der Waals surface area contributed by atoms with E-state index in [4.69, 9.17) is 9.47 Å². The average Bonchev–Trinajstić information content (AvgIpc) is 2.69. The molecule has 1 saturated heterocycles. The summed E-state index contributed by atoms with van der Waals surface area (Å²) in [6.45, 7) is 4.33. The molecule has 1 aliphatic heterocycles. The molecule has 0 unspecified atom stereocenters. The maximum absolute atomic E-state index is 12.4. The van der Waals surface area contributed by atoms with Crippen LogP contribution in [0.2, 0.25) is 0 Å². The molecular weight excluding hydrogens is 326 g/mol. The first-order valence-electron chi connectivity index (χ1n) is 9.42. The number of carbonyl (C=O) groups is 1. The number of rotatable bonds is 7. The lowest BCUT2D eigenvalue weighted by Crippen LogP contribution is -2.41. The topological polar surface area (TPSA) is 38.8 Å². The van der Waals surface area contributed by atoms with Crippen molar-refractivity contribution in [3.63, 3.8) is 0 Å². The highest BCUT2D eigenvalue weighted by Crippen LogP contribution is 2.22. The van der Waals surface area contributed by atoms with Crippen LogP contribution in [0.1, 0.15) is 25.3 Å². The Morgan fingerprint density at radius 1 is 0.962 bits per heavy atom. The second-order valence-corrected chi connectivity index (χ2v) is 6.71. The highest BCUT2D eigenvalue weighted by molar-refractivity contribution is 5.77. The van der Waals surface area contributed by atoms with Crippen LogP contribution in [-0.4, -0.2) is 37.1 Å². The fourth-order valence-corrected chi connectivity index (χ4v) is 3.37. The van der Waals surface area contributed by atoms with E-state index >= 15 is 0 Å². The molecule has 26 heavy (non-hydrogen) atoms. The molecule has 0 radical (unpaired) electrons. The van der Waals surface area contributed by atoms with Gasteiger partial charge < -0.3 is 14.4 Å². The highest BCUT2D eigenvalue weighted by atomic mass is 16.5. The van der Waals surface area contributed by atoms with Gasteiger partial charge in [0.2, 0.25) is 0 Å². The normalized spacial score (nSPS) is 14.9. The zero-order chi connectivity index (χ0) is 18.2. The Kier molecular flexibility index (Phi) is 6.53. The third-order valence-corrected chi connectivity index (χ3v) is 4.83. The van der Waals surface area contributed by atoms with Gasteiger partial charge in [-0.1, -0.05) is 30.3 Å². The largest absolute Gasteiger partial charge is 0.494 e. The second kappa shape index (κ2) is 9.27. The molecular formula is C22H27NO3. The summed E-state index contributed by atoms with van der Waals surface area (Å²) in [6.07, 6.45) is 3.22. The number of carbonyl (C=O) groups excluding carboxylic acids is 1. The summed E-state index contributed by atoms with van der Waals surface area (Å²) in [7, 11) is 0. The van der Waals surface area contributed by atoms with E-state index in [1.54, 1.807) is 0 Å². The number of benzene rings is 2. The van der Waals surface area contributed by atoms with Gasteiger partial charge in [-0.15, -0.1) is 0 Å². The number of ether oxygens (including phenoxy) is 2. The number of amides is 1. The number of likely N-dealkylation sites (tertiary alicyclic amines) is 1. The van der Waals surface area contributed by atoms with Gasteiger partial charge >= 0.3 is 0 Å². The average molecular weight is 353 g/mol. The summed E-state index contributed by atoms with van der Waals surface area (Å²) in [4.78, 5) is 14.3. The van der Waals surface area contributed by atoms with Crippen molar-refractivity contribution in [2.75, 3.05) is 26.3 Å². The SMILES string of the molecule is CCOc1ccc(OCC(=O)N2CCC(Cc3ccccc3)CC2)cc1. The predicted octanol–water partition coefficient (Wildman–Crippen LogP) is 3.95. The van der Waals surface area contributed by atoms with E-state index in [2.05, 4.69) is 30.3 Å². The van der Waals surface area contributed by atoms with Gasteiger partial charge in [-0.25, -0.2) is 0 Å². The molecule has 1 fully saturated rings. The molecule has 4 heteroatoms. The minimum absolute atomic E-state index is 0.0667. The molecule has 138 valence electrons. The summed E-state index contributed by atoms with van der Waals surface area (Å²) in [5.41, 5.74) is 1.39. The molecule has 0 N–H and O–H groups in total. The zero-order valence-corrected chi connectivity index (χ0v) is 15.4. The molecule has 0 bridgehead atoms. The first kappa shape index (κ1) is 18.3. The van der Waals surface area contributed by atoms with Crippen molar-refractivity contribution in [2.45, 2.75) is 26.2 Å². The Hall–Kier alpha value is -2.49. The van der Waals surface area contributed by atoms with Crippen LogP contribution in [0.25, 0.3) is 0 Å². The first-order valence-corrected chi connectivity index (χ1v) is 9.42.